The van der Waals surface area contributed by atoms with Gasteiger partial charge in [-0.1, -0.05) is 11.1 Å². The summed E-state index contributed by atoms with van der Waals surface area (Å²) in [6.07, 6.45) is -3.29. The lowest BCUT2D eigenvalue weighted by atomic mass is 9.86. The van der Waals surface area contributed by atoms with E-state index < -0.39 is 24.4 Å². The van der Waals surface area contributed by atoms with Crippen LogP contribution in [0.1, 0.15) is 80.1 Å². The monoisotopic (exact) mass is 660 g/mol. The Morgan fingerprint density at radius 1 is 0.375 bits per heavy atom. The normalized spacial score (nSPS) is 18.7. The average molecular weight is 661 g/mol. The Morgan fingerprint density at radius 2 is 0.625 bits per heavy atom. The van der Waals surface area contributed by atoms with Crippen molar-refractivity contribution in [3.8, 4) is 34.5 Å². The van der Waals surface area contributed by atoms with E-state index in [2.05, 4.69) is 0 Å². The van der Waals surface area contributed by atoms with Crippen molar-refractivity contribution in [2.24, 2.45) is 0 Å². The van der Waals surface area contributed by atoms with Crippen LogP contribution in [0.25, 0.3) is 0 Å². The Hall–Kier alpha value is -4.48. The molecule has 0 heterocycles. The number of phenols is 2. The molecule has 0 aromatic heterocycles. The van der Waals surface area contributed by atoms with Crippen LogP contribution in [0.4, 0.5) is 0 Å². The van der Waals surface area contributed by atoms with Crippen LogP contribution in [0.5, 0.6) is 34.5 Å². The molecule has 4 aromatic rings. The quantitative estimate of drug-likeness (QED) is 0.205. The fourth-order valence-electron chi connectivity index (χ4n) is 6.93. The Bertz CT molecular complexity index is 1560. The highest BCUT2D eigenvalue weighted by Crippen LogP contribution is 2.51. The van der Waals surface area contributed by atoms with Gasteiger partial charge in [0.25, 0.3) is 0 Å². The third-order valence-corrected chi connectivity index (χ3v) is 8.95. The first-order valence-electron chi connectivity index (χ1n) is 15.4. The number of methoxy groups -OCH3 is 8. The molecule has 0 saturated carbocycles. The van der Waals surface area contributed by atoms with Crippen LogP contribution in [0.2, 0.25) is 0 Å². The van der Waals surface area contributed by atoms with Gasteiger partial charge in [-0.05, 0) is 62.4 Å². The zero-order valence-electron chi connectivity index (χ0n) is 29.1. The predicted molar refractivity (Wildman–Crippen MR) is 180 cm³/mol. The van der Waals surface area contributed by atoms with Crippen LogP contribution in [0.15, 0.2) is 48.5 Å². The van der Waals surface area contributed by atoms with Crippen molar-refractivity contribution in [3.63, 3.8) is 0 Å². The van der Waals surface area contributed by atoms with Gasteiger partial charge in [-0.15, -0.1) is 0 Å². The minimum atomic E-state index is -0.822. The lowest BCUT2D eigenvalue weighted by Gasteiger charge is -2.30. The number of benzene rings is 4. The zero-order valence-corrected chi connectivity index (χ0v) is 29.1. The molecular weight excluding hydrogens is 616 g/mol. The lowest BCUT2D eigenvalue weighted by molar-refractivity contribution is 0.115. The fraction of sp³-hybridized carbons (Fsp3) is 0.368. The second kappa shape index (κ2) is 14.3. The number of ether oxygens (including phenoxy) is 8. The Labute approximate surface area is 281 Å². The maximum Gasteiger partial charge on any atom is 0.131 e. The molecule has 256 valence electrons. The van der Waals surface area contributed by atoms with Crippen molar-refractivity contribution in [2.45, 2.75) is 38.3 Å². The molecule has 10 heteroatoms. The molecule has 0 spiro atoms. The third-order valence-electron chi connectivity index (χ3n) is 8.95. The molecule has 0 radical (unpaired) electrons. The average Bonchev–Trinajstić information content (AvgIpc) is 3.08. The van der Waals surface area contributed by atoms with E-state index >= 15 is 0 Å². The maximum absolute atomic E-state index is 12.1. The number of phenolic OH excluding ortho intramolecular Hbond substituents is 2. The summed E-state index contributed by atoms with van der Waals surface area (Å²) in [4.78, 5) is 0. The van der Waals surface area contributed by atoms with Crippen molar-refractivity contribution in [1.82, 2.24) is 0 Å². The minimum absolute atomic E-state index is 0.0454. The van der Waals surface area contributed by atoms with Crippen molar-refractivity contribution >= 4 is 0 Å². The highest BCUT2D eigenvalue weighted by Gasteiger charge is 2.35. The molecule has 1 aliphatic rings. The number of aromatic hydroxyl groups is 2. The van der Waals surface area contributed by atoms with Gasteiger partial charge >= 0.3 is 0 Å². The van der Waals surface area contributed by atoms with E-state index in [0.29, 0.717) is 67.5 Å². The van der Waals surface area contributed by atoms with Crippen molar-refractivity contribution in [2.75, 3.05) is 56.9 Å². The summed E-state index contributed by atoms with van der Waals surface area (Å²) in [5.74, 6) is 1.78. The first-order chi connectivity index (χ1) is 23.1. The SMILES string of the molecule is COc1cc2c(O)c(c1)C(OC)c1cc(C)cc(c1OC)[C@@H](OC)c1cc(OC)cc(c1O)C(OC)c1cc(C)cc(c1OC)C2OC. The summed E-state index contributed by atoms with van der Waals surface area (Å²) < 4.78 is 48.3. The van der Waals surface area contributed by atoms with Crippen LogP contribution in [0.3, 0.4) is 0 Å². The van der Waals surface area contributed by atoms with E-state index in [0.717, 1.165) is 11.1 Å². The van der Waals surface area contributed by atoms with Gasteiger partial charge in [-0.2, -0.15) is 0 Å². The van der Waals surface area contributed by atoms with Crippen LogP contribution >= 0.6 is 0 Å². The molecule has 4 aromatic carbocycles. The van der Waals surface area contributed by atoms with Crippen LogP contribution in [-0.2, 0) is 18.9 Å². The topological polar surface area (TPSA) is 114 Å². The summed E-state index contributed by atoms with van der Waals surface area (Å²) in [6.45, 7) is 3.89. The van der Waals surface area contributed by atoms with Crippen molar-refractivity contribution in [3.05, 3.63) is 104 Å². The summed E-state index contributed by atoms with van der Waals surface area (Å²) in [6, 6.07) is 14.7. The number of fused-ring (bicyclic) bond motifs is 8. The molecule has 2 N–H and O–H groups in total. The molecule has 10 nitrogen and oxygen atoms in total. The smallest absolute Gasteiger partial charge is 0.131 e. The fourth-order valence-corrected chi connectivity index (χ4v) is 6.93. The highest BCUT2D eigenvalue weighted by molar-refractivity contribution is 5.62. The number of rotatable bonds is 8. The summed E-state index contributed by atoms with van der Waals surface area (Å²) in [5, 5.41) is 24.2. The highest BCUT2D eigenvalue weighted by atomic mass is 16.5. The molecule has 48 heavy (non-hydrogen) atoms. The molecule has 8 bridgehead atoms. The standard InChI is InChI=1S/C38H44O10/c1-19-11-27-33(43-5)23-15-21(41-3)17-25(31(23)39)35(45-7)29-13-20(2)14-30(38(29)48-10)36(46-8)26-18-22(42-4)16-24(32(26)40)34(44-6)28(12-19)37(27)47-9/h11-18,33-36,39-40H,1-10H3/t33-,34?,35?,36?/m0/s1. The second-order valence-electron chi connectivity index (χ2n) is 11.7. The minimum Gasteiger partial charge on any atom is -0.507 e. The van der Waals surface area contributed by atoms with Gasteiger partial charge in [0, 0.05) is 72.9 Å². The Morgan fingerprint density at radius 3 is 0.812 bits per heavy atom. The number of aryl methyl sites for hydroxylation is 2. The summed E-state index contributed by atoms with van der Waals surface area (Å²) in [7, 11) is 12.5. The Balaban J connectivity index is 2.02. The van der Waals surface area contributed by atoms with Gasteiger partial charge in [0.05, 0.1) is 28.4 Å². The zero-order chi connectivity index (χ0) is 34.9. The van der Waals surface area contributed by atoms with E-state index in [1.165, 1.54) is 0 Å². The maximum atomic E-state index is 12.1. The van der Waals surface area contributed by atoms with Crippen LogP contribution in [-0.4, -0.2) is 67.1 Å². The van der Waals surface area contributed by atoms with Gasteiger partial charge in [0.2, 0.25) is 0 Å². The largest absolute Gasteiger partial charge is 0.507 e. The van der Waals surface area contributed by atoms with Crippen molar-refractivity contribution < 1.29 is 48.1 Å². The molecule has 1 aliphatic carbocycles. The molecule has 0 saturated heterocycles. The van der Waals surface area contributed by atoms with Gasteiger partial charge < -0.3 is 48.1 Å². The summed E-state index contributed by atoms with van der Waals surface area (Å²) in [5.41, 5.74) is 5.96. The molecule has 4 atom stereocenters. The first kappa shape index (κ1) is 34.8. The van der Waals surface area contributed by atoms with Gasteiger partial charge in [-0.3, -0.25) is 0 Å². The molecule has 0 fully saturated rings. The molecular formula is C38H44O10. The van der Waals surface area contributed by atoms with Crippen molar-refractivity contribution in [1.29, 1.82) is 0 Å². The first-order valence-corrected chi connectivity index (χ1v) is 15.4. The number of hydrogen-bond donors (Lipinski definition) is 2. The van der Waals surface area contributed by atoms with E-state index in [9.17, 15) is 10.2 Å². The van der Waals surface area contributed by atoms with Crippen LogP contribution < -0.4 is 18.9 Å². The molecule has 5 rings (SSSR count). The predicted octanol–water partition coefficient (Wildman–Crippen LogP) is 7.01. The van der Waals surface area contributed by atoms with E-state index in [4.69, 9.17) is 37.9 Å². The number of hydrogen-bond acceptors (Lipinski definition) is 10. The van der Waals surface area contributed by atoms with Gasteiger partial charge in [-0.25, -0.2) is 0 Å². The van der Waals surface area contributed by atoms with Gasteiger partial charge in [0.15, 0.2) is 0 Å². The summed E-state index contributed by atoms with van der Waals surface area (Å²) >= 11 is 0. The van der Waals surface area contributed by atoms with E-state index in [1.807, 2.05) is 38.1 Å². The second-order valence-corrected chi connectivity index (χ2v) is 11.7. The molecule has 0 amide bonds. The third kappa shape index (κ3) is 5.90. The molecule has 3 unspecified atom stereocenters. The van der Waals surface area contributed by atoms with Gasteiger partial charge in [0.1, 0.15) is 58.9 Å². The van der Waals surface area contributed by atoms with E-state index in [1.54, 1.807) is 81.1 Å². The van der Waals surface area contributed by atoms with E-state index in [-0.39, 0.29) is 11.5 Å². The molecule has 0 aliphatic heterocycles. The lowest BCUT2D eigenvalue weighted by Crippen LogP contribution is -2.16. The van der Waals surface area contributed by atoms with Crippen LogP contribution in [0, 0.1) is 13.8 Å². The Kier molecular flexibility index (Phi) is 10.4.